The number of carboxylic acids is 1. The van der Waals surface area contributed by atoms with E-state index in [0.717, 1.165) is 36.1 Å². The van der Waals surface area contributed by atoms with Gasteiger partial charge in [-0.25, -0.2) is 14.2 Å². The largest absolute Gasteiger partial charge is 0.489 e. The van der Waals surface area contributed by atoms with Crippen molar-refractivity contribution in [3.63, 3.8) is 0 Å². The van der Waals surface area contributed by atoms with E-state index in [2.05, 4.69) is 4.98 Å². The number of nitrogens with zero attached hydrogens (tertiary/aromatic N) is 1. The molecule has 0 amide bonds. The molecule has 2 fully saturated rings. The average Bonchev–Trinajstić information content (AvgIpc) is 3.71. The van der Waals surface area contributed by atoms with Gasteiger partial charge in [-0.05, 0) is 84.5 Å². The molecular weight excluding hydrogens is 409 g/mol. The third-order valence-electron chi connectivity index (χ3n) is 5.94. The van der Waals surface area contributed by atoms with Crippen LogP contribution < -0.4 is 9.47 Å². The molecule has 1 aromatic heterocycles. The second-order valence-electron chi connectivity index (χ2n) is 8.57. The second kappa shape index (κ2) is 8.61. The van der Waals surface area contributed by atoms with Gasteiger partial charge < -0.3 is 14.6 Å². The van der Waals surface area contributed by atoms with E-state index in [1.54, 1.807) is 6.20 Å². The lowest BCUT2D eigenvalue weighted by atomic mass is 10.00. The van der Waals surface area contributed by atoms with Gasteiger partial charge in [0.25, 0.3) is 0 Å². The molecule has 2 aromatic carbocycles. The zero-order valence-corrected chi connectivity index (χ0v) is 17.6. The van der Waals surface area contributed by atoms with Gasteiger partial charge in [0.2, 0.25) is 5.88 Å². The van der Waals surface area contributed by atoms with Crippen molar-refractivity contribution >= 4 is 5.97 Å². The van der Waals surface area contributed by atoms with Crippen LogP contribution in [0.15, 0.2) is 54.7 Å². The number of benzene rings is 2. The third-order valence-corrected chi connectivity index (χ3v) is 5.94. The Balaban J connectivity index is 1.29. The van der Waals surface area contributed by atoms with E-state index < -0.39 is 11.8 Å². The Hall–Kier alpha value is -3.41. The molecule has 1 N–H and O–H groups in total. The van der Waals surface area contributed by atoms with E-state index in [4.69, 9.17) is 9.47 Å². The first kappa shape index (κ1) is 20.5. The maximum Gasteiger partial charge on any atom is 0.338 e. The highest BCUT2D eigenvalue weighted by molar-refractivity contribution is 5.88. The molecule has 6 heteroatoms. The summed E-state index contributed by atoms with van der Waals surface area (Å²) in [7, 11) is 0. The van der Waals surface area contributed by atoms with Gasteiger partial charge in [0, 0.05) is 17.8 Å². The van der Waals surface area contributed by atoms with Crippen LogP contribution in [0.4, 0.5) is 4.39 Å². The lowest BCUT2D eigenvalue weighted by Gasteiger charge is -2.13. The summed E-state index contributed by atoms with van der Waals surface area (Å²) in [5.41, 5.74) is 3.18. The average molecular weight is 433 g/mol. The third kappa shape index (κ3) is 4.74. The fourth-order valence-corrected chi connectivity index (χ4v) is 3.75. The molecule has 0 bridgehead atoms. The molecular formula is C26H24FNO4. The van der Waals surface area contributed by atoms with E-state index in [-0.39, 0.29) is 18.1 Å². The second-order valence-corrected chi connectivity index (χ2v) is 8.57. The molecule has 0 radical (unpaired) electrons. The van der Waals surface area contributed by atoms with Crippen LogP contribution in [-0.4, -0.2) is 22.7 Å². The summed E-state index contributed by atoms with van der Waals surface area (Å²) in [5, 5.41) is 9.22. The minimum Gasteiger partial charge on any atom is -0.489 e. The summed E-state index contributed by atoms with van der Waals surface area (Å²) in [6, 6.07) is 14.3. The van der Waals surface area contributed by atoms with Crippen LogP contribution in [0.5, 0.6) is 11.6 Å². The molecule has 0 spiro atoms. The standard InChI is InChI=1S/C26H24FNO4/c27-24-11-20(22(17-6-7-17)12-23(24)26(29)30)15-31-21-3-1-2-18(10-21)19-8-9-25(28-13-19)32-14-16-4-5-16/h1-3,8-13,16-17H,4-7,14-15H2,(H,29,30). The monoisotopic (exact) mass is 433 g/mol. The topological polar surface area (TPSA) is 68.7 Å². The van der Waals surface area contributed by atoms with Gasteiger partial charge in [-0.15, -0.1) is 0 Å². The molecule has 5 rings (SSSR count). The van der Waals surface area contributed by atoms with Crippen LogP contribution in [0.1, 0.15) is 53.1 Å². The number of carboxylic acid groups (broad SMARTS) is 1. The molecule has 2 aliphatic carbocycles. The number of pyridine rings is 1. The zero-order valence-electron chi connectivity index (χ0n) is 17.6. The zero-order chi connectivity index (χ0) is 22.1. The number of aromatic nitrogens is 1. The van der Waals surface area contributed by atoms with E-state index in [1.807, 2.05) is 36.4 Å². The minimum absolute atomic E-state index is 0.179. The first-order valence-electron chi connectivity index (χ1n) is 10.9. The SMILES string of the molecule is O=C(O)c1cc(C2CC2)c(COc2cccc(-c3ccc(OCC4CC4)nc3)c2)cc1F. The van der Waals surface area contributed by atoms with Gasteiger partial charge in [-0.1, -0.05) is 12.1 Å². The smallest absolute Gasteiger partial charge is 0.338 e. The molecule has 2 saturated carbocycles. The molecule has 0 atom stereocenters. The first-order chi connectivity index (χ1) is 15.6. The molecule has 5 nitrogen and oxygen atoms in total. The Morgan fingerprint density at radius 1 is 1.03 bits per heavy atom. The van der Waals surface area contributed by atoms with Crippen molar-refractivity contribution in [2.75, 3.05) is 6.61 Å². The Labute approximate surface area is 185 Å². The van der Waals surface area contributed by atoms with Crippen LogP contribution in [0.2, 0.25) is 0 Å². The predicted molar refractivity (Wildman–Crippen MR) is 118 cm³/mol. The molecule has 3 aromatic rings. The van der Waals surface area contributed by atoms with Crippen molar-refractivity contribution in [2.24, 2.45) is 5.92 Å². The van der Waals surface area contributed by atoms with E-state index in [1.165, 1.54) is 25.0 Å². The van der Waals surface area contributed by atoms with Gasteiger partial charge in [0.1, 0.15) is 18.2 Å². The highest BCUT2D eigenvalue weighted by Gasteiger charge is 2.28. The molecule has 0 unspecified atom stereocenters. The molecule has 32 heavy (non-hydrogen) atoms. The van der Waals surface area contributed by atoms with Crippen molar-refractivity contribution in [2.45, 2.75) is 38.2 Å². The van der Waals surface area contributed by atoms with Crippen LogP contribution in [0.3, 0.4) is 0 Å². The fraction of sp³-hybridized carbons (Fsp3) is 0.308. The quantitative estimate of drug-likeness (QED) is 0.460. The van der Waals surface area contributed by atoms with Crippen molar-refractivity contribution in [1.29, 1.82) is 0 Å². The van der Waals surface area contributed by atoms with Gasteiger partial charge >= 0.3 is 5.97 Å². The highest BCUT2D eigenvalue weighted by atomic mass is 19.1. The summed E-state index contributed by atoms with van der Waals surface area (Å²) in [6.07, 6.45) is 6.24. The van der Waals surface area contributed by atoms with Gasteiger partial charge in [0.15, 0.2) is 0 Å². The molecule has 164 valence electrons. The molecule has 0 aliphatic heterocycles. The van der Waals surface area contributed by atoms with Crippen LogP contribution in [-0.2, 0) is 6.61 Å². The maximum absolute atomic E-state index is 14.3. The normalized spacial score (nSPS) is 15.4. The number of hydrogen-bond donors (Lipinski definition) is 1. The summed E-state index contributed by atoms with van der Waals surface area (Å²) >= 11 is 0. The Morgan fingerprint density at radius 3 is 2.56 bits per heavy atom. The van der Waals surface area contributed by atoms with Crippen LogP contribution >= 0.6 is 0 Å². The summed E-state index contributed by atoms with van der Waals surface area (Å²) in [4.78, 5) is 15.7. The van der Waals surface area contributed by atoms with Crippen LogP contribution in [0.25, 0.3) is 11.1 Å². The van der Waals surface area contributed by atoms with Gasteiger partial charge in [-0.2, -0.15) is 0 Å². The summed E-state index contributed by atoms with van der Waals surface area (Å²) in [5.74, 6) is 0.268. The first-order valence-corrected chi connectivity index (χ1v) is 10.9. The molecule has 1 heterocycles. The highest BCUT2D eigenvalue weighted by Crippen LogP contribution is 2.42. The number of rotatable bonds is 9. The number of carbonyl (C=O) groups is 1. The van der Waals surface area contributed by atoms with Gasteiger partial charge in [0.05, 0.1) is 12.2 Å². The molecule has 2 aliphatic rings. The van der Waals surface area contributed by atoms with Crippen molar-refractivity contribution < 1.29 is 23.8 Å². The number of halogens is 1. The van der Waals surface area contributed by atoms with Crippen molar-refractivity contribution in [3.05, 3.63) is 77.2 Å². The van der Waals surface area contributed by atoms with E-state index in [9.17, 15) is 14.3 Å². The minimum atomic E-state index is -1.25. The van der Waals surface area contributed by atoms with Crippen molar-refractivity contribution in [1.82, 2.24) is 4.98 Å². The molecule has 0 saturated heterocycles. The Morgan fingerprint density at radius 2 is 1.88 bits per heavy atom. The fourth-order valence-electron chi connectivity index (χ4n) is 3.75. The summed E-state index contributed by atoms with van der Waals surface area (Å²) in [6.45, 7) is 0.908. The summed E-state index contributed by atoms with van der Waals surface area (Å²) < 4.78 is 25.9. The number of aromatic carboxylic acids is 1. The van der Waals surface area contributed by atoms with Gasteiger partial charge in [-0.3, -0.25) is 0 Å². The maximum atomic E-state index is 14.3. The van der Waals surface area contributed by atoms with Crippen LogP contribution in [0, 0.1) is 11.7 Å². The predicted octanol–water partition coefficient (Wildman–Crippen LogP) is 5.83. The lowest BCUT2D eigenvalue weighted by molar-refractivity contribution is 0.0691. The van der Waals surface area contributed by atoms with Crippen molar-refractivity contribution in [3.8, 4) is 22.8 Å². The van der Waals surface area contributed by atoms with E-state index in [0.29, 0.717) is 23.1 Å². The Bertz CT molecular complexity index is 1140. The van der Waals surface area contributed by atoms with E-state index >= 15 is 0 Å². The lowest BCUT2D eigenvalue weighted by Crippen LogP contribution is -2.07. The number of hydrogen-bond acceptors (Lipinski definition) is 4. The number of ether oxygens (including phenoxy) is 2. The Kier molecular flexibility index (Phi) is 5.52.